The number of para-hydroxylation sites is 1. The lowest BCUT2D eigenvalue weighted by atomic mass is 10.2. The first-order valence-corrected chi connectivity index (χ1v) is 10.4. The third kappa shape index (κ3) is 7.35. The van der Waals surface area contributed by atoms with Gasteiger partial charge in [0.25, 0.3) is 0 Å². The number of rotatable bonds is 11. The molecule has 154 valence electrons. The fourth-order valence-electron chi connectivity index (χ4n) is 3.20. The van der Waals surface area contributed by atoms with Crippen molar-refractivity contribution in [3.8, 4) is 5.69 Å². The highest BCUT2D eigenvalue weighted by molar-refractivity contribution is 5.79. The van der Waals surface area contributed by atoms with E-state index in [9.17, 15) is 0 Å². The van der Waals surface area contributed by atoms with Gasteiger partial charge in [-0.15, -0.1) is 0 Å². The van der Waals surface area contributed by atoms with E-state index in [1.807, 2.05) is 36.1 Å². The van der Waals surface area contributed by atoms with E-state index >= 15 is 0 Å². The summed E-state index contributed by atoms with van der Waals surface area (Å²) >= 11 is 0. The SMILES string of the molecule is CCN(CC)CCCC(C)NC(=NC)NCCc1cnn(-c2ccccc2)c1. The summed E-state index contributed by atoms with van der Waals surface area (Å²) in [6, 6.07) is 10.6. The Morgan fingerprint density at radius 2 is 1.96 bits per heavy atom. The molecule has 1 heterocycles. The molecule has 2 rings (SSSR count). The van der Waals surface area contributed by atoms with Crippen LogP contribution < -0.4 is 10.6 Å². The maximum absolute atomic E-state index is 4.45. The minimum atomic E-state index is 0.405. The molecule has 0 saturated carbocycles. The van der Waals surface area contributed by atoms with Gasteiger partial charge in [-0.25, -0.2) is 4.68 Å². The van der Waals surface area contributed by atoms with Crippen LogP contribution in [0.1, 0.15) is 39.2 Å². The summed E-state index contributed by atoms with van der Waals surface area (Å²) in [6.07, 6.45) is 7.26. The van der Waals surface area contributed by atoms with E-state index in [4.69, 9.17) is 0 Å². The van der Waals surface area contributed by atoms with Gasteiger partial charge in [0, 0.05) is 25.8 Å². The smallest absolute Gasteiger partial charge is 0.191 e. The van der Waals surface area contributed by atoms with Crippen LogP contribution in [-0.2, 0) is 6.42 Å². The molecule has 1 atom stereocenters. The minimum absolute atomic E-state index is 0.405. The Balaban J connectivity index is 1.70. The highest BCUT2D eigenvalue weighted by Gasteiger charge is 2.07. The van der Waals surface area contributed by atoms with Crippen molar-refractivity contribution >= 4 is 5.96 Å². The number of hydrogen-bond acceptors (Lipinski definition) is 3. The van der Waals surface area contributed by atoms with Crippen LogP contribution in [0.5, 0.6) is 0 Å². The van der Waals surface area contributed by atoms with Gasteiger partial charge in [0.2, 0.25) is 0 Å². The van der Waals surface area contributed by atoms with E-state index in [1.165, 1.54) is 12.0 Å². The Bertz CT molecular complexity index is 690. The van der Waals surface area contributed by atoms with Gasteiger partial charge in [0.1, 0.15) is 0 Å². The van der Waals surface area contributed by atoms with Crippen LogP contribution in [0.2, 0.25) is 0 Å². The molecule has 0 aliphatic carbocycles. The first-order chi connectivity index (χ1) is 13.7. The number of guanidine groups is 1. The zero-order chi connectivity index (χ0) is 20.2. The Morgan fingerprint density at radius 3 is 2.64 bits per heavy atom. The van der Waals surface area contributed by atoms with Gasteiger partial charge in [0.15, 0.2) is 5.96 Å². The monoisotopic (exact) mass is 384 g/mol. The van der Waals surface area contributed by atoms with E-state index in [-0.39, 0.29) is 0 Å². The Morgan fingerprint density at radius 1 is 1.21 bits per heavy atom. The highest BCUT2D eigenvalue weighted by atomic mass is 15.3. The largest absolute Gasteiger partial charge is 0.356 e. The number of nitrogens with one attached hydrogen (secondary N) is 2. The lowest BCUT2D eigenvalue weighted by Crippen LogP contribution is -2.43. The number of nitrogens with zero attached hydrogens (tertiary/aromatic N) is 4. The zero-order valence-electron chi connectivity index (χ0n) is 17.9. The Kier molecular flexibility index (Phi) is 9.55. The van der Waals surface area contributed by atoms with Crippen molar-refractivity contribution < 1.29 is 0 Å². The summed E-state index contributed by atoms with van der Waals surface area (Å²) in [5, 5.41) is 11.4. The van der Waals surface area contributed by atoms with Gasteiger partial charge < -0.3 is 15.5 Å². The summed E-state index contributed by atoms with van der Waals surface area (Å²) in [6.45, 7) is 10.9. The minimum Gasteiger partial charge on any atom is -0.356 e. The maximum Gasteiger partial charge on any atom is 0.191 e. The second-order valence-electron chi connectivity index (χ2n) is 7.09. The van der Waals surface area contributed by atoms with Crippen LogP contribution >= 0.6 is 0 Å². The van der Waals surface area contributed by atoms with Crippen LogP contribution in [0.4, 0.5) is 0 Å². The average molecular weight is 385 g/mol. The van der Waals surface area contributed by atoms with Crippen molar-refractivity contribution in [1.29, 1.82) is 0 Å². The molecule has 0 spiro atoms. The second-order valence-corrected chi connectivity index (χ2v) is 7.09. The van der Waals surface area contributed by atoms with Crippen LogP contribution in [0.3, 0.4) is 0 Å². The Hall–Kier alpha value is -2.34. The molecule has 1 aromatic heterocycles. The van der Waals surface area contributed by atoms with Crippen LogP contribution in [0.15, 0.2) is 47.7 Å². The summed E-state index contributed by atoms with van der Waals surface area (Å²) < 4.78 is 1.92. The standard InChI is InChI=1S/C22H36N6/c1-5-27(6-2)16-10-11-19(3)26-22(23-4)24-15-14-20-17-25-28(18-20)21-12-8-7-9-13-21/h7-9,12-13,17-19H,5-6,10-11,14-16H2,1-4H3,(H2,23,24,26). The lowest BCUT2D eigenvalue weighted by Gasteiger charge is -2.21. The molecular formula is C22H36N6. The van der Waals surface area contributed by atoms with Crippen LogP contribution in [0, 0.1) is 0 Å². The summed E-state index contributed by atoms with van der Waals surface area (Å²) in [7, 11) is 1.82. The Labute approximate surface area is 170 Å². The van der Waals surface area contributed by atoms with Crippen LogP contribution in [-0.4, -0.2) is 59.9 Å². The summed E-state index contributed by atoms with van der Waals surface area (Å²) in [4.78, 5) is 6.82. The van der Waals surface area contributed by atoms with Crippen molar-refractivity contribution in [1.82, 2.24) is 25.3 Å². The number of hydrogen-bond donors (Lipinski definition) is 2. The first kappa shape index (κ1) is 22.0. The molecule has 0 bridgehead atoms. The topological polar surface area (TPSA) is 57.5 Å². The molecule has 0 radical (unpaired) electrons. The lowest BCUT2D eigenvalue weighted by molar-refractivity contribution is 0.292. The van der Waals surface area contributed by atoms with Gasteiger partial charge >= 0.3 is 0 Å². The maximum atomic E-state index is 4.45. The van der Waals surface area contributed by atoms with Crippen molar-refractivity contribution in [2.75, 3.05) is 33.2 Å². The molecular weight excluding hydrogens is 348 g/mol. The average Bonchev–Trinajstić information content (AvgIpc) is 3.20. The fourth-order valence-corrected chi connectivity index (χ4v) is 3.20. The molecule has 0 fully saturated rings. The van der Waals surface area contributed by atoms with Crippen molar-refractivity contribution in [2.45, 2.75) is 46.1 Å². The molecule has 2 N–H and O–H groups in total. The molecule has 6 heteroatoms. The van der Waals surface area contributed by atoms with Crippen molar-refractivity contribution in [2.24, 2.45) is 4.99 Å². The quantitative estimate of drug-likeness (QED) is 0.462. The molecule has 0 saturated heterocycles. The number of aromatic nitrogens is 2. The molecule has 2 aromatic rings. The normalized spacial score (nSPS) is 13.0. The second kappa shape index (κ2) is 12.2. The van der Waals surface area contributed by atoms with E-state index in [0.717, 1.165) is 50.7 Å². The van der Waals surface area contributed by atoms with E-state index in [0.29, 0.717) is 6.04 Å². The van der Waals surface area contributed by atoms with Gasteiger partial charge in [-0.05, 0) is 63.5 Å². The van der Waals surface area contributed by atoms with Crippen molar-refractivity contribution in [3.63, 3.8) is 0 Å². The van der Waals surface area contributed by atoms with Crippen LogP contribution in [0.25, 0.3) is 5.69 Å². The molecule has 1 aromatic carbocycles. The highest BCUT2D eigenvalue weighted by Crippen LogP contribution is 2.07. The third-order valence-corrected chi connectivity index (χ3v) is 4.98. The third-order valence-electron chi connectivity index (χ3n) is 4.98. The summed E-state index contributed by atoms with van der Waals surface area (Å²) in [5.74, 6) is 0.866. The number of benzene rings is 1. The predicted molar refractivity (Wildman–Crippen MR) is 118 cm³/mol. The predicted octanol–water partition coefficient (Wildman–Crippen LogP) is 3.09. The fraction of sp³-hybridized carbons (Fsp3) is 0.545. The van der Waals surface area contributed by atoms with Gasteiger partial charge in [-0.3, -0.25) is 4.99 Å². The van der Waals surface area contributed by atoms with Gasteiger partial charge in [-0.1, -0.05) is 32.0 Å². The molecule has 1 unspecified atom stereocenters. The van der Waals surface area contributed by atoms with Gasteiger partial charge in [0.05, 0.1) is 11.9 Å². The van der Waals surface area contributed by atoms with E-state index in [2.05, 4.69) is 64.7 Å². The van der Waals surface area contributed by atoms with Gasteiger partial charge in [-0.2, -0.15) is 5.10 Å². The summed E-state index contributed by atoms with van der Waals surface area (Å²) in [5.41, 5.74) is 2.29. The van der Waals surface area contributed by atoms with E-state index < -0.39 is 0 Å². The zero-order valence-corrected chi connectivity index (χ0v) is 17.9. The van der Waals surface area contributed by atoms with Crippen molar-refractivity contribution in [3.05, 3.63) is 48.3 Å². The molecule has 28 heavy (non-hydrogen) atoms. The number of aliphatic imine (C=N–C) groups is 1. The molecule has 0 amide bonds. The molecule has 6 nitrogen and oxygen atoms in total. The van der Waals surface area contributed by atoms with E-state index in [1.54, 1.807) is 0 Å². The molecule has 0 aliphatic heterocycles. The first-order valence-electron chi connectivity index (χ1n) is 10.4. The molecule has 0 aliphatic rings.